The zero-order chi connectivity index (χ0) is 24.2. The standard InChI is InChI=1S/C28H32ClN3O2/c1-18-13-19(2)31-28(34)26(18)16-30-27(33)25-15-23(29)14-24(20(25)3)22-9-11-32(12-10-22)17-21-7-5-4-6-8-21/h4-8,13-15,22H,9-12,16-17H2,1-3H3,(H,30,33)(H,31,34). The number of aromatic amines is 1. The Hall–Kier alpha value is -2.89. The molecular formula is C28H32ClN3O2. The molecule has 0 bridgehead atoms. The molecule has 6 heteroatoms. The molecule has 0 unspecified atom stereocenters. The Morgan fingerprint density at radius 1 is 1.09 bits per heavy atom. The van der Waals surface area contributed by atoms with E-state index in [1.807, 2.05) is 39.0 Å². The second-order valence-corrected chi connectivity index (χ2v) is 9.77. The van der Waals surface area contributed by atoms with Gasteiger partial charge in [0.15, 0.2) is 0 Å². The number of aryl methyl sites for hydroxylation is 2. The number of carbonyl (C=O) groups is 1. The Labute approximate surface area is 206 Å². The van der Waals surface area contributed by atoms with Crippen molar-refractivity contribution in [3.05, 3.63) is 103 Å². The van der Waals surface area contributed by atoms with E-state index >= 15 is 0 Å². The van der Waals surface area contributed by atoms with Gasteiger partial charge in [-0.15, -0.1) is 0 Å². The SMILES string of the molecule is Cc1cc(C)c(CNC(=O)c2cc(Cl)cc(C3CCN(Cc4ccccc4)CC3)c2C)c(=O)[nH]1. The molecule has 0 aliphatic carbocycles. The lowest BCUT2D eigenvalue weighted by atomic mass is 9.85. The lowest BCUT2D eigenvalue weighted by Crippen LogP contribution is -2.33. The van der Waals surface area contributed by atoms with E-state index in [1.165, 1.54) is 5.56 Å². The van der Waals surface area contributed by atoms with Gasteiger partial charge in [0, 0.05) is 34.9 Å². The van der Waals surface area contributed by atoms with E-state index in [0.717, 1.165) is 54.9 Å². The number of carbonyl (C=O) groups excluding carboxylic acids is 1. The summed E-state index contributed by atoms with van der Waals surface area (Å²) in [5, 5.41) is 3.49. The molecule has 1 aliphatic heterocycles. The fraction of sp³-hybridized carbons (Fsp3) is 0.357. The predicted molar refractivity (Wildman–Crippen MR) is 138 cm³/mol. The van der Waals surface area contributed by atoms with Crippen LogP contribution in [0.1, 0.15) is 62.6 Å². The van der Waals surface area contributed by atoms with Gasteiger partial charge in [0.25, 0.3) is 11.5 Å². The van der Waals surface area contributed by atoms with Crippen LogP contribution in [0.15, 0.2) is 53.3 Å². The van der Waals surface area contributed by atoms with Crippen LogP contribution in [0.5, 0.6) is 0 Å². The van der Waals surface area contributed by atoms with Crippen molar-refractivity contribution >= 4 is 17.5 Å². The maximum Gasteiger partial charge on any atom is 0.253 e. The first-order valence-electron chi connectivity index (χ1n) is 11.9. The molecule has 34 heavy (non-hydrogen) atoms. The second-order valence-electron chi connectivity index (χ2n) is 9.33. The molecule has 0 radical (unpaired) electrons. The highest BCUT2D eigenvalue weighted by molar-refractivity contribution is 6.31. The molecule has 1 amide bonds. The highest BCUT2D eigenvalue weighted by atomic mass is 35.5. The van der Waals surface area contributed by atoms with Gasteiger partial charge in [0.2, 0.25) is 0 Å². The summed E-state index contributed by atoms with van der Waals surface area (Å²) in [7, 11) is 0. The van der Waals surface area contributed by atoms with Crippen molar-refractivity contribution in [1.29, 1.82) is 0 Å². The minimum atomic E-state index is -0.206. The summed E-state index contributed by atoms with van der Waals surface area (Å²) < 4.78 is 0. The van der Waals surface area contributed by atoms with Crippen LogP contribution < -0.4 is 10.9 Å². The van der Waals surface area contributed by atoms with Crippen LogP contribution in [0.3, 0.4) is 0 Å². The number of amides is 1. The number of nitrogens with one attached hydrogen (secondary N) is 2. The molecule has 1 aliphatic rings. The number of halogens is 1. The fourth-order valence-corrected chi connectivity index (χ4v) is 5.20. The summed E-state index contributed by atoms with van der Waals surface area (Å²) in [4.78, 5) is 30.7. The molecule has 0 spiro atoms. The van der Waals surface area contributed by atoms with E-state index < -0.39 is 0 Å². The van der Waals surface area contributed by atoms with Crippen LogP contribution >= 0.6 is 11.6 Å². The van der Waals surface area contributed by atoms with Gasteiger partial charge in [-0.1, -0.05) is 41.9 Å². The van der Waals surface area contributed by atoms with Gasteiger partial charge in [-0.2, -0.15) is 0 Å². The zero-order valence-corrected chi connectivity index (χ0v) is 20.8. The maximum absolute atomic E-state index is 13.1. The molecule has 178 valence electrons. The average molecular weight is 478 g/mol. The zero-order valence-electron chi connectivity index (χ0n) is 20.1. The summed E-state index contributed by atoms with van der Waals surface area (Å²) in [5.41, 5.74) is 6.12. The van der Waals surface area contributed by atoms with Crippen LogP contribution in [0.2, 0.25) is 5.02 Å². The number of hydrogen-bond acceptors (Lipinski definition) is 3. The first kappa shape index (κ1) is 24.2. The molecule has 2 aromatic carbocycles. The maximum atomic E-state index is 13.1. The molecule has 0 atom stereocenters. The molecule has 2 N–H and O–H groups in total. The van der Waals surface area contributed by atoms with Crippen LogP contribution in [0.25, 0.3) is 0 Å². The van der Waals surface area contributed by atoms with Crippen molar-refractivity contribution in [3.63, 3.8) is 0 Å². The second kappa shape index (κ2) is 10.6. The lowest BCUT2D eigenvalue weighted by Gasteiger charge is -2.33. The van der Waals surface area contributed by atoms with Crippen molar-refractivity contribution < 1.29 is 4.79 Å². The van der Waals surface area contributed by atoms with Crippen molar-refractivity contribution in [2.45, 2.75) is 52.6 Å². The van der Waals surface area contributed by atoms with Gasteiger partial charge in [-0.25, -0.2) is 0 Å². The van der Waals surface area contributed by atoms with Crippen LogP contribution in [-0.4, -0.2) is 28.9 Å². The number of rotatable bonds is 6. The molecule has 4 rings (SSSR count). The van der Waals surface area contributed by atoms with Gasteiger partial charge < -0.3 is 10.3 Å². The van der Waals surface area contributed by atoms with Gasteiger partial charge in [0.05, 0.1) is 0 Å². The average Bonchev–Trinajstić information content (AvgIpc) is 2.81. The number of nitrogens with zero attached hydrogens (tertiary/aromatic N) is 1. The molecule has 5 nitrogen and oxygen atoms in total. The van der Waals surface area contributed by atoms with Gasteiger partial charge in [0.1, 0.15) is 0 Å². The van der Waals surface area contributed by atoms with E-state index in [-0.39, 0.29) is 18.0 Å². The molecule has 1 fully saturated rings. The molecule has 2 heterocycles. The smallest absolute Gasteiger partial charge is 0.253 e. The van der Waals surface area contributed by atoms with Gasteiger partial charge >= 0.3 is 0 Å². The van der Waals surface area contributed by atoms with Crippen molar-refractivity contribution in [1.82, 2.24) is 15.2 Å². The van der Waals surface area contributed by atoms with E-state index in [9.17, 15) is 9.59 Å². The Morgan fingerprint density at radius 3 is 2.47 bits per heavy atom. The molecule has 1 aromatic heterocycles. The quantitative estimate of drug-likeness (QED) is 0.508. The van der Waals surface area contributed by atoms with Crippen LogP contribution in [0, 0.1) is 20.8 Å². The number of likely N-dealkylation sites (tertiary alicyclic amines) is 1. The Kier molecular flexibility index (Phi) is 7.54. The Morgan fingerprint density at radius 2 is 1.79 bits per heavy atom. The number of aromatic nitrogens is 1. The van der Waals surface area contributed by atoms with Crippen LogP contribution in [0.4, 0.5) is 0 Å². The van der Waals surface area contributed by atoms with Gasteiger partial charge in [-0.3, -0.25) is 14.5 Å². The molecular weight excluding hydrogens is 446 g/mol. The molecule has 1 saturated heterocycles. The molecule has 0 saturated carbocycles. The van der Waals surface area contributed by atoms with Crippen molar-refractivity contribution in [3.8, 4) is 0 Å². The van der Waals surface area contributed by atoms with E-state index in [1.54, 1.807) is 6.07 Å². The van der Waals surface area contributed by atoms with E-state index in [4.69, 9.17) is 11.6 Å². The normalized spacial score (nSPS) is 14.8. The number of benzene rings is 2. The Bertz CT molecular complexity index is 1230. The Balaban J connectivity index is 1.45. The van der Waals surface area contributed by atoms with E-state index in [2.05, 4.69) is 39.5 Å². The number of pyridine rings is 1. The summed E-state index contributed by atoms with van der Waals surface area (Å²) in [6.07, 6.45) is 2.07. The number of piperidine rings is 1. The highest BCUT2D eigenvalue weighted by Gasteiger charge is 2.24. The van der Waals surface area contributed by atoms with E-state index in [0.29, 0.717) is 22.1 Å². The third-order valence-electron chi connectivity index (χ3n) is 6.85. The third-order valence-corrected chi connectivity index (χ3v) is 7.07. The predicted octanol–water partition coefficient (Wildman–Crippen LogP) is 5.26. The fourth-order valence-electron chi connectivity index (χ4n) is 4.97. The number of hydrogen-bond donors (Lipinski definition) is 2. The monoisotopic (exact) mass is 477 g/mol. The lowest BCUT2D eigenvalue weighted by molar-refractivity contribution is 0.0950. The first-order chi connectivity index (χ1) is 16.3. The van der Waals surface area contributed by atoms with Gasteiger partial charge in [-0.05, 0) is 93.1 Å². The minimum Gasteiger partial charge on any atom is -0.348 e. The molecule has 3 aromatic rings. The first-order valence-corrected chi connectivity index (χ1v) is 12.2. The third kappa shape index (κ3) is 5.60. The van der Waals surface area contributed by atoms with Crippen molar-refractivity contribution in [2.24, 2.45) is 0 Å². The summed E-state index contributed by atoms with van der Waals surface area (Å²) in [5.74, 6) is 0.168. The summed E-state index contributed by atoms with van der Waals surface area (Å²) >= 11 is 6.46. The minimum absolute atomic E-state index is 0.163. The highest BCUT2D eigenvalue weighted by Crippen LogP contribution is 2.34. The largest absolute Gasteiger partial charge is 0.348 e. The topological polar surface area (TPSA) is 65.2 Å². The summed E-state index contributed by atoms with van der Waals surface area (Å²) in [6, 6.07) is 16.2. The number of H-pyrrole nitrogens is 1. The van der Waals surface area contributed by atoms with Crippen LogP contribution in [-0.2, 0) is 13.1 Å². The summed E-state index contributed by atoms with van der Waals surface area (Å²) in [6.45, 7) is 8.91. The van der Waals surface area contributed by atoms with Crippen molar-refractivity contribution in [2.75, 3.05) is 13.1 Å².